The smallest absolute Gasteiger partial charge is 0.328 e. The van der Waals surface area contributed by atoms with Crippen molar-refractivity contribution in [3.05, 3.63) is 53.6 Å². The van der Waals surface area contributed by atoms with Crippen molar-refractivity contribution >= 4 is 11.5 Å². The number of allylic oxidation sites excluding steroid dienone is 3. The molecule has 0 fully saturated rings. The number of carboxylic acids is 1. The van der Waals surface area contributed by atoms with Gasteiger partial charge in [0.1, 0.15) is 0 Å². The molecule has 0 aliphatic carbocycles. The molecule has 0 aromatic heterocycles. The Morgan fingerprint density at radius 1 is 1.13 bits per heavy atom. The Kier molecular flexibility index (Phi) is 3.86. The molecule has 0 spiro atoms. The summed E-state index contributed by atoms with van der Waals surface area (Å²) in [5, 5.41) is 8.56. The Hall–Kier alpha value is -1.83. The highest BCUT2D eigenvalue weighted by Gasteiger charge is 1.95. The van der Waals surface area contributed by atoms with E-state index >= 15 is 0 Å². The minimum atomic E-state index is -0.912. The van der Waals surface area contributed by atoms with Crippen molar-refractivity contribution in [1.82, 2.24) is 0 Å². The summed E-state index contributed by atoms with van der Waals surface area (Å²) < 4.78 is 0. The number of hydrogen-bond donors (Lipinski definition) is 1. The number of carboxylic acid groups (broad SMARTS) is 1. The molecule has 0 aliphatic rings. The topological polar surface area (TPSA) is 37.3 Å². The SMILES string of the molecule is CC(=CC(=O)O)C=C(C)c1ccccc1. The van der Waals surface area contributed by atoms with Gasteiger partial charge in [-0.25, -0.2) is 4.79 Å². The molecule has 1 rings (SSSR count). The van der Waals surface area contributed by atoms with E-state index in [2.05, 4.69) is 0 Å². The zero-order valence-electron chi connectivity index (χ0n) is 8.90. The van der Waals surface area contributed by atoms with E-state index in [1.807, 2.05) is 43.3 Å². The Labute approximate surface area is 89.6 Å². The largest absolute Gasteiger partial charge is 0.478 e. The first-order valence-corrected chi connectivity index (χ1v) is 4.74. The lowest BCUT2D eigenvalue weighted by Crippen LogP contribution is -1.88. The van der Waals surface area contributed by atoms with Gasteiger partial charge in [-0.2, -0.15) is 0 Å². The molecule has 0 amide bonds. The van der Waals surface area contributed by atoms with Crippen molar-refractivity contribution < 1.29 is 9.90 Å². The normalized spacial score (nSPS) is 12.7. The summed E-state index contributed by atoms with van der Waals surface area (Å²) in [7, 11) is 0. The minimum Gasteiger partial charge on any atom is -0.478 e. The highest BCUT2D eigenvalue weighted by atomic mass is 16.4. The van der Waals surface area contributed by atoms with E-state index in [0.29, 0.717) is 0 Å². The molecule has 0 aliphatic heterocycles. The van der Waals surface area contributed by atoms with E-state index in [9.17, 15) is 4.79 Å². The van der Waals surface area contributed by atoms with Crippen LogP contribution < -0.4 is 0 Å². The van der Waals surface area contributed by atoms with Crippen molar-refractivity contribution in [2.75, 3.05) is 0 Å². The first-order chi connectivity index (χ1) is 7.09. The monoisotopic (exact) mass is 202 g/mol. The molecule has 1 N–H and O–H groups in total. The fraction of sp³-hybridized carbons (Fsp3) is 0.154. The van der Waals surface area contributed by atoms with E-state index in [1.165, 1.54) is 6.08 Å². The van der Waals surface area contributed by atoms with Crippen LogP contribution in [0.5, 0.6) is 0 Å². The number of carbonyl (C=O) groups is 1. The van der Waals surface area contributed by atoms with Crippen LogP contribution in [0.25, 0.3) is 5.57 Å². The maximum Gasteiger partial charge on any atom is 0.328 e. The van der Waals surface area contributed by atoms with Gasteiger partial charge in [0, 0.05) is 6.08 Å². The summed E-state index contributed by atoms with van der Waals surface area (Å²) in [5.74, 6) is -0.912. The minimum absolute atomic E-state index is 0.740. The molecular formula is C13H14O2. The molecular weight excluding hydrogens is 188 g/mol. The number of benzene rings is 1. The fourth-order valence-electron chi connectivity index (χ4n) is 1.36. The zero-order valence-corrected chi connectivity index (χ0v) is 8.90. The Morgan fingerprint density at radius 3 is 2.27 bits per heavy atom. The molecule has 0 saturated heterocycles. The van der Waals surface area contributed by atoms with E-state index < -0.39 is 5.97 Å². The molecule has 15 heavy (non-hydrogen) atoms. The summed E-state index contributed by atoms with van der Waals surface area (Å²) >= 11 is 0. The van der Waals surface area contributed by atoms with Gasteiger partial charge in [0.2, 0.25) is 0 Å². The predicted octanol–water partition coefficient (Wildman–Crippen LogP) is 3.12. The molecule has 0 unspecified atom stereocenters. The van der Waals surface area contributed by atoms with Crippen LogP contribution in [0, 0.1) is 0 Å². The highest BCUT2D eigenvalue weighted by Crippen LogP contribution is 2.14. The summed E-state index contributed by atoms with van der Waals surface area (Å²) in [6, 6.07) is 9.88. The average molecular weight is 202 g/mol. The highest BCUT2D eigenvalue weighted by molar-refractivity contribution is 5.82. The van der Waals surface area contributed by atoms with Crippen LogP contribution in [0.3, 0.4) is 0 Å². The maximum atomic E-state index is 10.4. The Bertz CT molecular complexity index is 400. The fourth-order valence-corrected chi connectivity index (χ4v) is 1.36. The second kappa shape index (κ2) is 5.15. The van der Waals surface area contributed by atoms with Gasteiger partial charge in [0.15, 0.2) is 0 Å². The molecule has 0 saturated carbocycles. The first kappa shape index (κ1) is 11.2. The van der Waals surface area contributed by atoms with Gasteiger partial charge in [0.05, 0.1) is 0 Å². The van der Waals surface area contributed by atoms with Gasteiger partial charge in [-0.15, -0.1) is 0 Å². The van der Waals surface area contributed by atoms with Crippen molar-refractivity contribution in [2.24, 2.45) is 0 Å². The van der Waals surface area contributed by atoms with Crippen LogP contribution in [0.15, 0.2) is 48.1 Å². The first-order valence-electron chi connectivity index (χ1n) is 4.74. The second-order valence-corrected chi connectivity index (χ2v) is 3.42. The van der Waals surface area contributed by atoms with E-state index in [-0.39, 0.29) is 0 Å². The summed E-state index contributed by atoms with van der Waals surface area (Å²) in [6.45, 7) is 3.75. The molecule has 0 atom stereocenters. The van der Waals surface area contributed by atoms with Crippen molar-refractivity contribution in [1.29, 1.82) is 0 Å². The standard InChI is InChI=1S/C13H14O2/c1-10(9-13(14)15)8-11(2)12-6-4-3-5-7-12/h3-9H,1-2H3,(H,14,15). The predicted molar refractivity (Wildman–Crippen MR) is 61.5 cm³/mol. The Morgan fingerprint density at radius 2 is 1.73 bits per heavy atom. The van der Waals surface area contributed by atoms with Crippen LogP contribution in [0.2, 0.25) is 0 Å². The molecule has 0 heterocycles. The number of aliphatic carboxylic acids is 1. The third kappa shape index (κ3) is 3.81. The van der Waals surface area contributed by atoms with Crippen molar-refractivity contribution in [3.63, 3.8) is 0 Å². The number of rotatable bonds is 3. The third-order valence-electron chi connectivity index (χ3n) is 2.02. The van der Waals surface area contributed by atoms with Crippen molar-refractivity contribution in [3.8, 4) is 0 Å². The van der Waals surface area contributed by atoms with Crippen LogP contribution in [0.4, 0.5) is 0 Å². The summed E-state index contributed by atoms with van der Waals surface area (Å²) in [5.41, 5.74) is 2.91. The van der Waals surface area contributed by atoms with Crippen LogP contribution in [-0.2, 0) is 4.79 Å². The molecule has 0 bridgehead atoms. The summed E-state index contributed by atoms with van der Waals surface area (Å²) in [6.07, 6.45) is 3.07. The molecule has 78 valence electrons. The molecule has 2 heteroatoms. The van der Waals surface area contributed by atoms with Crippen LogP contribution >= 0.6 is 0 Å². The third-order valence-corrected chi connectivity index (χ3v) is 2.02. The van der Waals surface area contributed by atoms with Gasteiger partial charge in [-0.3, -0.25) is 0 Å². The van der Waals surface area contributed by atoms with Gasteiger partial charge >= 0.3 is 5.97 Å². The van der Waals surface area contributed by atoms with Gasteiger partial charge in [-0.05, 0) is 30.6 Å². The summed E-state index contributed by atoms with van der Waals surface area (Å²) in [4.78, 5) is 10.4. The molecule has 2 nitrogen and oxygen atoms in total. The van der Waals surface area contributed by atoms with Gasteiger partial charge in [-0.1, -0.05) is 36.4 Å². The quantitative estimate of drug-likeness (QED) is 0.604. The average Bonchev–Trinajstić information content (AvgIpc) is 2.17. The second-order valence-electron chi connectivity index (χ2n) is 3.42. The van der Waals surface area contributed by atoms with Gasteiger partial charge < -0.3 is 5.11 Å². The van der Waals surface area contributed by atoms with Crippen LogP contribution in [0.1, 0.15) is 19.4 Å². The van der Waals surface area contributed by atoms with Gasteiger partial charge in [0.25, 0.3) is 0 Å². The van der Waals surface area contributed by atoms with Crippen LogP contribution in [-0.4, -0.2) is 11.1 Å². The van der Waals surface area contributed by atoms with E-state index in [4.69, 9.17) is 5.11 Å². The maximum absolute atomic E-state index is 10.4. The molecule has 1 aromatic rings. The molecule has 0 radical (unpaired) electrons. The van der Waals surface area contributed by atoms with Crippen molar-refractivity contribution in [2.45, 2.75) is 13.8 Å². The number of hydrogen-bond acceptors (Lipinski definition) is 1. The zero-order chi connectivity index (χ0) is 11.3. The lowest BCUT2D eigenvalue weighted by atomic mass is 10.1. The lowest BCUT2D eigenvalue weighted by molar-refractivity contribution is -0.131. The molecule has 1 aromatic carbocycles. The Balaban J connectivity index is 2.90. The van der Waals surface area contributed by atoms with E-state index in [1.54, 1.807) is 6.92 Å². The lowest BCUT2D eigenvalue weighted by Gasteiger charge is -2.00. The van der Waals surface area contributed by atoms with E-state index in [0.717, 1.165) is 16.7 Å².